The number of alkyl carbamates (subject to hydrolysis) is 1. The Morgan fingerprint density at radius 2 is 1.65 bits per heavy atom. The third-order valence-corrected chi connectivity index (χ3v) is 7.10. The summed E-state index contributed by atoms with van der Waals surface area (Å²) in [6.07, 6.45) is 1.92. The highest BCUT2D eigenvalue weighted by molar-refractivity contribution is 6.04. The van der Waals surface area contributed by atoms with Gasteiger partial charge < -0.3 is 39.4 Å². The number of carboxylic acid groups (broad SMARTS) is 1. The molecule has 1 heterocycles. The standard InChI is InChI=1S/C36H45N3O12/c1-9-21-16-24(31(42)43)23(17-27(21)47-8)22-12-13-25(30(41)37-18-20-10-11-20)38-29(22)33(45)49-19-48-32(44)26(39-34(46)51-36(5,6)7)14-15-28(40)50-35(2,3)4/h9,12-13,16-17,20,26H,1,10-11,14-15,18-19H2,2-8H3,(H,37,41)(H,39,46)(H,42,43)/t26-/m0/s1. The molecule has 0 radical (unpaired) electrons. The van der Waals surface area contributed by atoms with E-state index in [4.69, 9.17) is 23.7 Å². The predicted octanol–water partition coefficient (Wildman–Crippen LogP) is 4.91. The van der Waals surface area contributed by atoms with Crippen LogP contribution in [-0.4, -0.2) is 83.7 Å². The Hall–Kier alpha value is -5.47. The number of carbonyl (C=O) groups excluding carboxylic acids is 5. The lowest BCUT2D eigenvalue weighted by Crippen LogP contribution is -2.45. The number of methoxy groups -OCH3 is 1. The van der Waals surface area contributed by atoms with E-state index >= 15 is 0 Å². The molecule has 1 aromatic carbocycles. The second-order valence-electron chi connectivity index (χ2n) is 13.7. The van der Waals surface area contributed by atoms with Crippen molar-refractivity contribution >= 4 is 42.0 Å². The van der Waals surface area contributed by atoms with Gasteiger partial charge in [-0.25, -0.2) is 24.2 Å². The minimum Gasteiger partial charge on any atom is -0.496 e. The second kappa shape index (κ2) is 17.0. The SMILES string of the molecule is C=Cc1cc(C(=O)O)c(-c2ccc(C(=O)NCC3CC3)nc2C(=O)OCOC(=O)[C@H](CCC(=O)OC(C)(C)C)NC(=O)OC(C)(C)C)cc1OC. The first-order chi connectivity index (χ1) is 23.8. The molecule has 51 heavy (non-hydrogen) atoms. The summed E-state index contributed by atoms with van der Waals surface area (Å²) >= 11 is 0. The van der Waals surface area contributed by atoms with Gasteiger partial charge in [0.15, 0.2) is 5.69 Å². The Morgan fingerprint density at radius 3 is 2.22 bits per heavy atom. The van der Waals surface area contributed by atoms with E-state index in [2.05, 4.69) is 22.2 Å². The molecule has 0 spiro atoms. The third-order valence-electron chi connectivity index (χ3n) is 7.10. The number of aromatic nitrogens is 1. The van der Waals surface area contributed by atoms with Crippen LogP contribution in [-0.2, 0) is 28.5 Å². The zero-order valence-corrected chi connectivity index (χ0v) is 29.9. The molecule has 0 bridgehead atoms. The highest BCUT2D eigenvalue weighted by Gasteiger charge is 2.29. The molecule has 2 amide bonds. The van der Waals surface area contributed by atoms with Crippen LogP contribution >= 0.6 is 0 Å². The smallest absolute Gasteiger partial charge is 0.408 e. The van der Waals surface area contributed by atoms with Crippen molar-refractivity contribution in [2.45, 2.75) is 84.5 Å². The van der Waals surface area contributed by atoms with Crippen molar-refractivity contribution in [1.82, 2.24) is 15.6 Å². The molecule has 0 unspecified atom stereocenters. The van der Waals surface area contributed by atoms with Gasteiger partial charge in [-0.1, -0.05) is 12.7 Å². The van der Waals surface area contributed by atoms with Gasteiger partial charge in [-0.15, -0.1) is 0 Å². The predicted molar refractivity (Wildman–Crippen MR) is 183 cm³/mol. The molecule has 276 valence electrons. The number of nitrogens with zero attached hydrogens (tertiary/aromatic N) is 1. The largest absolute Gasteiger partial charge is 0.496 e. The van der Waals surface area contributed by atoms with Crippen LogP contribution in [0.1, 0.15) is 104 Å². The summed E-state index contributed by atoms with van der Waals surface area (Å²) in [5, 5.41) is 15.1. The molecule has 3 rings (SSSR count). The minimum atomic E-state index is -1.40. The Labute approximate surface area is 296 Å². The van der Waals surface area contributed by atoms with Crippen LogP contribution < -0.4 is 15.4 Å². The molecule has 0 saturated heterocycles. The van der Waals surface area contributed by atoms with Crippen molar-refractivity contribution in [1.29, 1.82) is 0 Å². The van der Waals surface area contributed by atoms with E-state index in [-0.39, 0.29) is 41.0 Å². The number of hydrogen-bond acceptors (Lipinski definition) is 12. The van der Waals surface area contributed by atoms with Crippen LogP contribution in [0, 0.1) is 5.92 Å². The maximum absolute atomic E-state index is 13.5. The van der Waals surface area contributed by atoms with E-state index in [0.717, 1.165) is 12.8 Å². The van der Waals surface area contributed by atoms with Crippen molar-refractivity contribution in [2.75, 3.05) is 20.4 Å². The fourth-order valence-corrected chi connectivity index (χ4v) is 4.60. The first-order valence-corrected chi connectivity index (χ1v) is 16.2. The first kappa shape index (κ1) is 40.0. The average Bonchev–Trinajstić information content (AvgIpc) is 3.87. The summed E-state index contributed by atoms with van der Waals surface area (Å²) in [6.45, 7) is 13.0. The minimum absolute atomic E-state index is 0.0155. The number of carboxylic acids is 1. The monoisotopic (exact) mass is 711 g/mol. The number of carbonyl (C=O) groups is 6. The third kappa shape index (κ3) is 12.4. The highest BCUT2D eigenvalue weighted by Crippen LogP contribution is 2.34. The van der Waals surface area contributed by atoms with Gasteiger partial charge in [-0.05, 0) is 91.0 Å². The van der Waals surface area contributed by atoms with E-state index in [0.29, 0.717) is 18.0 Å². The maximum atomic E-state index is 13.5. The lowest BCUT2D eigenvalue weighted by molar-refractivity contribution is -0.157. The molecule has 1 aliphatic carbocycles. The summed E-state index contributed by atoms with van der Waals surface area (Å²) in [5.74, 6) is -4.13. The molecular formula is C36H45N3O12. The summed E-state index contributed by atoms with van der Waals surface area (Å²) in [7, 11) is 1.38. The normalized spacial score (nSPS) is 13.2. The van der Waals surface area contributed by atoms with Crippen molar-refractivity contribution in [3.8, 4) is 16.9 Å². The summed E-state index contributed by atoms with van der Waals surface area (Å²) in [5.41, 5.74) is -2.11. The Balaban J connectivity index is 1.88. The van der Waals surface area contributed by atoms with E-state index < -0.39 is 65.6 Å². The average molecular weight is 712 g/mol. The molecule has 1 aromatic heterocycles. The highest BCUT2D eigenvalue weighted by atomic mass is 16.7. The molecule has 2 aromatic rings. The van der Waals surface area contributed by atoms with Gasteiger partial charge in [-0.3, -0.25) is 9.59 Å². The summed E-state index contributed by atoms with van der Waals surface area (Å²) in [4.78, 5) is 80.8. The number of aromatic carboxylic acids is 1. The van der Waals surface area contributed by atoms with Gasteiger partial charge in [0, 0.05) is 29.7 Å². The molecule has 1 aliphatic rings. The fraction of sp³-hybridized carbons (Fsp3) is 0.472. The lowest BCUT2D eigenvalue weighted by Gasteiger charge is -2.23. The van der Waals surface area contributed by atoms with Gasteiger partial charge in [-0.2, -0.15) is 0 Å². The molecule has 0 aliphatic heterocycles. The van der Waals surface area contributed by atoms with Crippen LogP contribution in [0.3, 0.4) is 0 Å². The Morgan fingerprint density at radius 1 is 0.980 bits per heavy atom. The molecule has 1 fully saturated rings. The van der Waals surface area contributed by atoms with E-state index in [1.54, 1.807) is 41.5 Å². The quantitative estimate of drug-likeness (QED) is 0.128. The van der Waals surface area contributed by atoms with Gasteiger partial charge in [0.25, 0.3) is 5.91 Å². The maximum Gasteiger partial charge on any atom is 0.408 e. The van der Waals surface area contributed by atoms with Crippen molar-refractivity contribution < 1.29 is 57.6 Å². The first-order valence-electron chi connectivity index (χ1n) is 16.2. The molecule has 15 heteroatoms. The van der Waals surface area contributed by atoms with Gasteiger partial charge in [0.2, 0.25) is 6.79 Å². The molecule has 1 saturated carbocycles. The molecular weight excluding hydrogens is 666 g/mol. The zero-order valence-electron chi connectivity index (χ0n) is 29.9. The number of nitrogens with one attached hydrogen (secondary N) is 2. The number of amides is 2. The van der Waals surface area contributed by atoms with Crippen molar-refractivity contribution in [3.05, 3.63) is 53.4 Å². The number of rotatable bonds is 15. The van der Waals surface area contributed by atoms with Crippen LogP contribution in [0.2, 0.25) is 0 Å². The van der Waals surface area contributed by atoms with Gasteiger partial charge in [0.1, 0.15) is 28.7 Å². The number of benzene rings is 1. The number of esters is 3. The van der Waals surface area contributed by atoms with Crippen molar-refractivity contribution in [2.24, 2.45) is 5.92 Å². The fourth-order valence-electron chi connectivity index (χ4n) is 4.60. The summed E-state index contributed by atoms with van der Waals surface area (Å²) in [6, 6.07) is 4.00. The molecule has 15 nitrogen and oxygen atoms in total. The lowest BCUT2D eigenvalue weighted by atomic mass is 9.95. The molecule has 3 N–H and O–H groups in total. The van der Waals surface area contributed by atoms with E-state index in [1.165, 1.54) is 37.5 Å². The number of hydrogen-bond donors (Lipinski definition) is 3. The van der Waals surface area contributed by atoms with Crippen LogP contribution in [0.15, 0.2) is 30.8 Å². The van der Waals surface area contributed by atoms with Crippen molar-refractivity contribution in [3.63, 3.8) is 0 Å². The summed E-state index contributed by atoms with van der Waals surface area (Å²) < 4.78 is 26.3. The van der Waals surface area contributed by atoms with Crippen LogP contribution in [0.4, 0.5) is 4.79 Å². The Kier molecular flexibility index (Phi) is 13.3. The number of ether oxygens (including phenoxy) is 5. The van der Waals surface area contributed by atoms with Gasteiger partial charge in [0.05, 0.1) is 12.7 Å². The topological polar surface area (TPSA) is 206 Å². The second-order valence-corrected chi connectivity index (χ2v) is 13.7. The van der Waals surface area contributed by atoms with E-state index in [1.807, 2.05) is 0 Å². The van der Waals surface area contributed by atoms with Gasteiger partial charge >= 0.3 is 30.0 Å². The number of pyridine rings is 1. The molecule has 1 atom stereocenters. The van der Waals surface area contributed by atoms with E-state index in [9.17, 15) is 33.9 Å². The Bertz CT molecular complexity index is 1670. The zero-order chi connectivity index (χ0) is 38.1. The van der Waals surface area contributed by atoms with Crippen LogP contribution in [0.5, 0.6) is 5.75 Å². The van der Waals surface area contributed by atoms with Crippen LogP contribution in [0.25, 0.3) is 17.2 Å².